The molecule has 82 valence electrons. The van der Waals surface area contributed by atoms with E-state index in [0.717, 1.165) is 38.4 Å². The molecule has 0 bridgehead atoms. The van der Waals surface area contributed by atoms with Crippen LogP contribution in [-0.4, -0.2) is 27.8 Å². The lowest BCUT2D eigenvalue weighted by Gasteiger charge is -2.22. The molecule has 0 aliphatic carbocycles. The highest BCUT2D eigenvalue weighted by molar-refractivity contribution is 7.80. The van der Waals surface area contributed by atoms with Crippen LogP contribution in [0.3, 0.4) is 0 Å². The van der Waals surface area contributed by atoms with Crippen LogP contribution in [-0.2, 0) is 11.3 Å². The molecular weight excluding hydrogens is 210 g/mol. The summed E-state index contributed by atoms with van der Waals surface area (Å²) in [6.07, 6.45) is 5.89. The first-order chi connectivity index (χ1) is 7.27. The summed E-state index contributed by atoms with van der Waals surface area (Å²) in [6.45, 7) is 2.67. The third-order valence-corrected chi connectivity index (χ3v) is 2.91. The molecule has 0 atom stereocenters. The first-order valence-electron chi connectivity index (χ1n) is 5.16. The quantitative estimate of drug-likeness (QED) is 0.778. The summed E-state index contributed by atoms with van der Waals surface area (Å²) >= 11 is 4.94. The van der Waals surface area contributed by atoms with Gasteiger partial charge < -0.3 is 15.0 Å². The molecular formula is C10H15N3OS. The van der Waals surface area contributed by atoms with Crippen LogP contribution in [0.5, 0.6) is 0 Å². The lowest BCUT2D eigenvalue weighted by Crippen LogP contribution is -2.23. The van der Waals surface area contributed by atoms with Gasteiger partial charge in [0.15, 0.2) is 5.82 Å². The predicted octanol–water partition coefficient (Wildman–Crippen LogP) is 0.944. The van der Waals surface area contributed by atoms with Gasteiger partial charge in [0.2, 0.25) is 0 Å². The summed E-state index contributed by atoms with van der Waals surface area (Å²) in [5, 5.41) is 0. The van der Waals surface area contributed by atoms with E-state index in [0.29, 0.717) is 10.9 Å². The number of thiocarbonyl (C=S) groups is 1. The Hall–Kier alpha value is -0.940. The maximum absolute atomic E-state index is 5.59. The fourth-order valence-corrected chi connectivity index (χ4v) is 2.06. The van der Waals surface area contributed by atoms with Crippen LogP contribution in [0.1, 0.15) is 18.7 Å². The fourth-order valence-electron chi connectivity index (χ4n) is 1.89. The summed E-state index contributed by atoms with van der Waals surface area (Å²) in [7, 11) is 0. The summed E-state index contributed by atoms with van der Waals surface area (Å²) in [4.78, 5) is 4.51. The fraction of sp³-hybridized carbons (Fsp3) is 0.600. The number of imidazole rings is 1. The molecule has 1 aromatic rings. The number of hydrogen-bond acceptors (Lipinski definition) is 3. The lowest BCUT2D eigenvalue weighted by molar-refractivity contribution is 0.0612. The van der Waals surface area contributed by atoms with Gasteiger partial charge in [0.05, 0.1) is 0 Å². The van der Waals surface area contributed by atoms with E-state index in [1.165, 1.54) is 0 Å². The van der Waals surface area contributed by atoms with Gasteiger partial charge in [-0.1, -0.05) is 12.2 Å². The minimum Gasteiger partial charge on any atom is -0.387 e. The summed E-state index contributed by atoms with van der Waals surface area (Å²) in [5.41, 5.74) is 5.59. The van der Waals surface area contributed by atoms with Crippen LogP contribution in [0, 0.1) is 5.92 Å². The zero-order valence-corrected chi connectivity index (χ0v) is 9.37. The molecule has 15 heavy (non-hydrogen) atoms. The molecule has 2 N–H and O–H groups in total. The maximum atomic E-state index is 5.59. The molecule has 1 aliphatic rings. The predicted molar refractivity (Wildman–Crippen MR) is 61.7 cm³/mol. The first-order valence-corrected chi connectivity index (χ1v) is 5.57. The van der Waals surface area contributed by atoms with Gasteiger partial charge >= 0.3 is 0 Å². The molecule has 0 saturated carbocycles. The van der Waals surface area contributed by atoms with Crippen molar-refractivity contribution in [2.45, 2.75) is 19.4 Å². The molecule has 0 amide bonds. The smallest absolute Gasteiger partial charge is 0.167 e. The number of hydrogen-bond donors (Lipinski definition) is 1. The number of nitrogens with two attached hydrogens (primary N) is 1. The van der Waals surface area contributed by atoms with Crippen molar-refractivity contribution in [3.05, 3.63) is 18.2 Å². The molecule has 0 unspecified atom stereocenters. The Labute approximate surface area is 94.4 Å². The summed E-state index contributed by atoms with van der Waals surface area (Å²) in [5.74, 6) is 1.37. The molecule has 1 aromatic heterocycles. The lowest BCUT2D eigenvalue weighted by atomic mass is 10.0. The van der Waals surface area contributed by atoms with E-state index >= 15 is 0 Å². The molecule has 0 aromatic carbocycles. The molecule has 1 aliphatic heterocycles. The minimum atomic E-state index is 0.368. The average Bonchev–Trinajstić information content (AvgIpc) is 2.67. The van der Waals surface area contributed by atoms with Crippen LogP contribution >= 0.6 is 12.2 Å². The van der Waals surface area contributed by atoms with E-state index in [4.69, 9.17) is 22.7 Å². The second kappa shape index (κ2) is 4.72. The van der Waals surface area contributed by atoms with Crippen molar-refractivity contribution in [1.29, 1.82) is 0 Å². The standard InChI is InChI=1S/C10H15N3OS/c11-9(15)10-12-3-4-13(10)7-8-1-5-14-6-2-8/h3-4,8H,1-2,5-7H2,(H2,11,15). The van der Waals surface area contributed by atoms with Crippen LogP contribution < -0.4 is 5.73 Å². The van der Waals surface area contributed by atoms with E-state index in [1.807, 2.05) is 10.8 Å². The minimum absolute atomic E-state index is 0.368. The van der Waals surface area contributed by atoms with Gasteiger partial charge in [-0.25, -0.2) is 4.98 Å². The topological polar surface area (TPSA) is 53.1 Å². The van der Waals surface area contributed by atoms with Crippen LogP contribution in [0.25, 0.3) is 0 Å². The van der Waals surface area contributed by atoms with E-state index < -0.39 is 0 Å². The normalized spacial score (nSPS) is 17.9. The Bertz CT molecular complexity index is 344. The van der Waals surface area contributed by atoms with Crippen LogP contribution in [0.4, 0.5) is 0 Å². The van der Waals surface area contributed by atoms with Gasteiger partial charge in [-0.3, -0.25) is 0 Å². The van der Waals surface area contributed by atoms with Gasteiger partial charge in [0.25, 0.3) is 0 Å². The van der Waals surface area contributed by atoms with Gasteiger partial charge in [-0.05, 0) is 18.8 Å². The molecule has 1 saturated heterocycles. The Balaban J connectivity index is 2.03. The monoisotopic (exact) mass is 225 g/mol. The van der Waals surface area contributed by atoms with Gasteiger partial charge in [-0.2, -0.15) is 0 Å². The van der Waals surface area contributed by atoms with E-state index in [9.17, 15) is 0 Å². The number of aromatic nitrogens is 2. The highest BCUT2D eigenvalue weighted by Gasteiger charge is 2.16. The molecule has 2 heterocycles. The zero-order valence-electron chi connectivity index (χ0n) is 8.56. The highest BCUT2D eigenvalue weighted by Crippen LogP contribution is 2.17. The molecule has 0 spiro atoms. The Morgan fingerprint density at radius 1 is 1.60 bits per heavy atom. The first kappa shape index (κ1) is 10.6. The van der Waals surface area contributed by atoms with Crippen molar-refractivity contribution >= 4 is 17.2 Å². The van der Waals surface area contributed by atoms with E-state index in [1.54, 1.807) is 6.20 Å². The zero-order chi connectivity index (χ0) is 10.7. The van der Waals surface area contributed by atoms with Crippen molar-refractivity contribution in [2.24, 2.45) is 11.7 Å². The maximum Gasteiger partial charge on any atom is 0.167 e. The van der Waals surface area contributed by atoms with Crippen molar-refractivity contribution < 1.29 is 4.74 Å². The third kappa shape index (κ3) is 2.54. The Kier molecular flexibility index (Phi) is 3.33. The van der Waals surface area contributed by atoms with E-state index in [2.05, 4.69) is 4.98 Å². The summed E-state index contributed by atoms with van der Waals surface area (Å²) in [6, 6.07) is 0. The van der Waals surface area contributed by atoms with Gasteiger partial charge in [-0.15, -0.1) is 0 Å². The molecule has 5 heteroatoms. The number of rotatable bonds is 3. The third-order valence-electron chi connectivity index (χ3n) is 2.73. The summed E-state index contributed by atoms with van der Waals surface area (Å²) < 4.78 is 7.36. The molecule has 1 fully saturated rings. The van der Waals surface area contributed by atoms with Crippen molar-refractivity contribution in [3.8, 4) is 0 Å². The second-order valence-electron chi connectivity index (χ2n) is 3.82. The van der Waals surface area contributed by atoms with E-state index in [-0.39, 0.29) is 0 Å². The van der Waals surface area contributed by atoms with Crippen molar-refractivity contribution in [2.75, 3.05) is 13.2 Å². The largest absolute Gasteiger partial charge is 0.387 e. The van der Waals surface area contributed by atoms with Gasteiger partial charge in [0, 0.05) is 32.2 Å². The Morgan fingerprint density at radius 2 is 2.33 bits per heavy atom. The van der Waals surface area contributed by atoms with Gasteiger partial charge in [0.1, 0.15) is 4.99 Å². The SMILES string of the molecule is NC(=S)c1nccn1CC1CCOCC1. The highest BCUT2D eigenvalue weighted by atomic mass is 32.1. The molecule has 2 rings (SSSR count). The van der Waals surface area contributed by atoms with Crippen LogP contribution in [0.2, 0.25) is 0 Å². The number of ether oxygens (including phenoxy) is 1. The second-order valence-corrected chi connectivity index (χ2v) is 4.26. The Morgan fingerprint density at radius 3 is 3.00 bits per heavy atom. The van der Waals surface area contributed by atoms with Crippen molar-refractivity contribution in [3.63, 3.8) is 0 Å². The van der Waals surface area contributed by atoms with Crippen molar-refractivity contribution in [1.82, 2.24) is 9.55 Å². The number of nitrogens with zero attached hydrogens (tertiary/aromatic N) is 2. The average molecular weight is 225 g/mol. The molecule has 4 nitrogen and oxygen atoms in total. The molecule has 0 radical (unpaired) electrons. The van der Waals surface area contributed by atoms with Crippen LogP contribution in [0.15, 0.2) is 12.4 Å².